The number of hydrogen-bond acceptors (Lipinski definition) is 0. The largest absolute Gasteiger partial charge is 0.0851 e. The summed E-state index contributed by atoms with van der Waals surface area (Å²) in [5.74, 6) is 5.35. The van der Waals surface area contributed by atoms with Crippen LogP contribution >= 0.6 is 0 Å². The quantitative estimate of drug-likeness (QED) is 0.467. The molecule has 0 aliphatic heterocycles. The highest BCUT2D eigenvalue weighted by molar-refractivity contribution is 5.01. The summed E-state index contributed by atoms with van der Waals surface area (Å²) in [6.45, 7) is 4.92. The minimum absolute atomic E-state index is 0.873. The molecule has 3 fully saturated rings. The summed E-state index contributed by atoms with van der Waals surface area (Å²) < 4.78 is 0. The highest BCUT2D eigenvalue weighted by atomic mass is 14.3. The van der Waals surface area contributed by atoms with E-state index in [-0.39, 0.29) is 0 Å². The van der Waals surface area contributed by atoms with Gasteiger partial charge in [0.25, 0.3) is 0 Å². The molecule has 4 atom stereocenters. The molecule has 0 aromatic heterocycles. The minimum atomic E-state index is 0.873. The van der Waals surface area contributed by atoms with Crippen molar-refractivity contribution in [3.8, 4) is 0 Å². The fourth-order valence-corrected chi connectivity index (χ4v) is 5.39. The van der Waals surface area contributed by atoms with E-state index in [9.17, 15) is 0 Å². The highest BCUT2D eigenvalue weighted by Gasteiger charge is 2.22. The van der Waals surface area contributed by atoms with Crippen molar-refractivity contribution >= 4 is 0 Å². The van der Waals surface area contributed by atoms with Gasteiger partial charge in [-0.1, -0.05) is 76.7 Å². The Bertz CT molecular complexity index is 370. The Morgan fingerprint density at radius 3 is 1.21 bits per heavy atom. The van der Waals surface area contributed by atoms with E-state index in [1.165, 1.54) is 77.0 Å². The van der Waals surface area contributed by atoms with Crippen LogP contribution in [0.1, 0.15) is 90.9 Å². The van der Waals surface area contributed by atoms with Gasteiger partial charge in [-0.25, -0.2) is 0 Å². The zero-order valence-electron chi connectivity index (χ0n) is 16.3. The average Bonchev–Trinajstić information content (AvgIpc) is 2.61. The summed E-state index contributed by atoms with van der Waals surface area (Å²) in [6, 6.07) is 0. The smallest absolute Gasteiger partial charge is 0.0208 e. The molecule has 24 heavy (non-hydrogen) atoms. The van der Waals surface area contributed by atoms with E-state index in [1.54, 1.807) is 0 Å². The van der Waals surface area contributed by atoms with Crippen molar-refractivity contribution in [3.05, 3.63) is 24.3 Å². The van der Waals surface area contributed by atoms with Gasteiger partial charge in [-0.3, -0.25) is 0 Å². The van der Waals surface area contributed by atoms with E-state index in [2.05, 4.69) is 38.2 Å². The van der Waals surface area contributed by atoms with Gasteiger partial charge in [0.2, 0.25) is 0 Å². The van der Waals surface area contributed by atoms with Crippen LogP contribution in [-0.4, -0.2) is 0 Å². The second-order valence-electron chi connectivity index (χ2n) is 9.30. The van der Waals surface area contributed by atoms with Crippen molar-refractivity contribution < 1.29 is 0 Å². The highest BCUT2D eigenvalue weighted by Crippen LogP contribution is 2.35. The Morgan fingerprint density at radius 2 is 0.833 bits per heavy atom. The maximum absolute atomic E-state index is 2.61. The van der Waals surface area contributed by atoms with Crippen LogP contribution in [0.25, 0.3) is 0 Å². The lowest BCUT2D eigenvalue weighted by Gasteiger charge is -2.29. The van der Waals surface area contributed by atoms with Crippen LogP contribution in [0.15, 0.2) is 24.3 Å². The average molecular weight is 329 g/mol. The van der Waals surface area contributed by atoms with Gasteiger partial charge < -0.3 is 0 Å². The summed E-state index contributed by atoms with van der Waals surface area (Å²) in [5, 5.41) is 0. The molecule has 0 radical (unpaired) electrons. The lowest BCUT2D eigenvalue weighted by molar-refractivity contribution is 0.299. The molecule has 0 amide bonds. The molecule has 3 saturated carbocycles. The summed E-state index contributed by atoms with van der Waals surface area (Å²) in [6.07, 6.45) is 27.7. The molecule has 3 rings (SSSR count). The van der Waals surface area contributed by atoms with Gasteiger partial charge in [0.05, 0.1) is 0 Å². The van der Waals surface area contributed by atoms with Crippen LogP contribution in [0.5, 0.6) is 0 Å². The minimum Gasteiger partial charge on any atom is -0.0851 e. The molecule has 0 aromatic carbocycles. The molecular weight excluding hydrogens is 288 g/mol. The predicted molar refractivity (Wildman–Crippen MR) is 106 cm³/mol. The van der Waals surface area contributed by atoms with Crippen molar-refractivity contribution in [2.75, 3.05) is 0 Å². The predicted octanol–water partition coefficient (Wildman–Crippen LogP) is 7.56. The third-order valence-corrected chi connectivity index (χ3v) is 7.43. The fourth-order valence-electron chi connectivity index (χ4n) is 5.39. The third kappa shape index (κ3) is 5.24. The van der Waals surface area contributed by atoms with Gasteiger partial charge in [-0.15, -0.1) is 0 Å². The monoisotopic (exact) mass is 328 g/mol. The summed E-state index contributed by atoms with van der Waals surface area (Å²) in [5.41, 5.74) is 0. The molecule has 0 aromatic rings. The second-order valence-corrected chi connectivity index (χ2v) is 9.30. The van der Waals surface area contributed by atoms with Crippen LogP contribution in [0.3, 0.4) is 0 Å². The van der Waals surface area contributed by atoms with Gasteiger partial charge in [0.15, 0.2) is 0 Å². The van der Waals surface area contributed by atoms with E-state index in [0.717, 1.165) is 35.5 Å². The van der Waals surface area contributed by atoms with Crippen LogP contribution in [0.4, 0.5) is 0 Å². The van der Waals surface area contributed by atoms with Crippen LogP contribution in [0.2, 0.25) is 0 Å². The van der Waals surface area contributed by atoms with Gasteiger partial charge in [-0.05, 0) is 74.0 Å². The Labute approximate surface area is 151 Å². The van der Waals surface area contributed by atoms with E-state index >= 15 is 0 Å². The van der Waals surface area contributed by atoms with Gasteiger partial charge >= 0.3 is 0 Å². The molecule has 0 nitrogen and oxygen atoms in total. The third-order valence-electron chi connectivity index (χ3n) is 7.43. The van der Waals surface area contributed by atoms with Gasteiger partial charge in [-0.2, -0.15) is 0 Å². The van der Waals surface area contributed by atoms with E-state index in [4.69, 9.17) is 0 Å². The Morgan fingerprint density at radius 1 is 0.458 bits per heavy atom. The number of rotatable bonds is 4. The normalized spacial score (nSPS) is 41.9. The van der Waals surface area contributed by atoms with E-state index < -0.39 is 0 Å². The Hall–Kier alpha value is -0.520. The Kier molecular flexibility index (Phi) is 7.05. The fraction of sp³-hybridized carbons (Fsp3) is 0.833. The molecule has 0 saturated heterocycles. The SMILES string of the molecule is CC1CCCCC1C=CC1CCC(C=CC2CCCCC2C)CC1. The lowest BCUT2D eigenvalue weighted by atomic mass is 9.77. The van der Waals surface area contributed by atoms with Crippen molar-refractivity contribution in [1.29, 1.82) is 0 Å². The molecule has 136 valence electrons. The van der Waals surface area contributed by atoms with Crippen molar-refractivity contribution in [2.24, 2.45) is 35.5 Å². The first-order valence-corrected chi connectivity index (χ1v) is 11.1. The topological polar surface area (TPSA) is 0 Å². The van der Waals surface area contributed by atoms with Crippen LogP contribution in [0, 0.1) is 35.5 Å². The summed E-state index contributed by atoms with van der Waals surface area (Å²) in [4.78, 5) is 0. The Balaban J connectivity index is 1.40. The zero-order chi connectivity index (χ0) is 16.8. The maximum atomic E-state index is 2.61. The van der Waals surface area contributed by atoms with Crippen molar-refractivity contribution in [2.45, 2.75) is 90.9 Å². The molecule has 4 unspecified atom stereocenters. The molecule has 0 bridgehead atoms. The number of hydrogen-bond donors (Lipinski definition) is 0. The maximum Gasteiger partial charge on any atom is -0.0208 e. The molecule has 0 N–H and O–H groups in total. The van der Waals surface area contributed by atoms with Gasteiger partial charge in [0, 0.05) is 0 Å². The molecule has 0 heterocycles. The first-order valence-electron chi connectivity index (χ1n) is 11.1. The molecule has 3 aliphatic rings. The van der Waals surface area contributed by atoms with Gasteiger partial charge in [0.1, 0.15) is 0 Å². The zero-order valence-corrected chi connectivity index (χ0v) is 16.3. The van der Waals surface area contributed by atoms with Crippen LogP contribution in [-0.2, 0) is 0 Å². The second kappa shape index (κ2) is 9.25. The molecular formula is C24H40. The van der Waals surface area contributed by atoms with Crippen molar-refractivity contribution in [1.82, 2.24) is 0 Å². The summed E-state index contributed by atoms with van der Waals surface area (Å²) >= 11 is 0. The first kappa shape index (κ1) is 18.3. The molecule has 3 aliphatic carbocycles. The van der Waals surface area contributed by atoms with Crippen LogP contribution < -0.4 is 0 Å². The van der Waals surface area contributed by atoms with E-state index in [1.807, 2.05) is 0 Å². The molecule has 0 spiro atoms. The molecule has 0 heteroatoms. The standard InChI is InChI=1S/C24H40/c1-19-7-3-5-9-23(19)17-15-21-11-13-22(14-12-21)16-18-24-10-6-4-8-20(24)2/h15-24H,3-14H2,1-2H3. The van der Waals surface area contributed by atoms with E-state index in [0.29, 0.717) is 0 Å². The summed E-state index contributed by atoms with van der Waals surface area (Å²) in [7, 11) is 0. The number of allylic oxidation sites excluding steroid dienone is 4. The first-order chi connectivity index (χ1) is 11.7. The van der Waals surface area contributed by atoms with Crippen molar-refractivity contribution in [3.63, 3.8) is 0 Å². The lowest BCUT2D eigenvalue weighted by Crippen LogP contribution is -2.17.